The maximum atomic E-state index is 7.95. The summed E-state index contributed by atoms with van der Waals surface area (Å²) in [6, 6.07) is 6.29. The third kappa shape index (κ3) is 1.63. The van der Waals surface area contributed by atoms with Gasteiger partial charge in [0.1, 0.15) is 0 Å². The normalized spacial score (nSPS) is 18.4. The highest BCUT2D eigenvalue weighted by atomic mass is 14.5. The molecule has 1 aliphatic rings. The lowest BCUT2D eigenvalue weighted by atomic mass is 9.71. The first-order valence-corrected chi connectivity index (χ1v) is 5.39. The average Bonchev–Trinajstić information content (AvgIpc) is 2.24. The van der Waals surface area contributed by atoms with Gasteiger partial charge in [0.2, 0.25) is 0 Å². The first-order valence-electron chi connectivity index (χ1n) is 5.39. The summed E-state index contributed by atoms with van der Waals surface area (Å²) in [5, 5.41) is 7.95. The van der Waals surface area contributed by atoms with E-state index in [2.05, 4.69) is 32.6 Å². The summed E-state index contributed by atoms with van der Waals surface area (Å²) in [6.45, 7) is 8.30. The van der Waals surface area contributed by atoms with Gasteiger partial charge in [0, 0.05) is 5.71 Å². The summed E-state index contributed by atoms with van der Waals surface area (Å²) >= 11 is 0. The van der Waals surface area contributed by atoms with E-state index in [0.29, 0.717) is 0 Å². The van der Waals surface area contributed by atoms with Gasteiger partial charge in [-0.1, -0.05) is 44.7 Å². The van der Waals surface area contributed by atoms with Crippen LogP contribution >= 0.6 is 0 Å². The first-order chi connectivity index (χ1) is 7.04. The Morgan fingerprint density at radius 3 is 2.80 bits per heavy atom. The Morgan fingerprint density at radius 1 is 1.40 bits per heavy atom. The van der Waals surface area contributed by atoms with Crippen LogP contribution in [0.15, 0.2) is 24.8 Å². The van der Waals surface area contributed by atoms with E-state index in [1.54, 1.807) is 0 Å². The van der Waals surface area contributed by atoms with Gasteiger partial charge in [0.25, 0.3) is 0 Å². The third-order valence-corrected chi connectivity index (χ3v) is 3.33. The Hall–Kier alpha value is -1.37. The maximum absolute atomic E-state index is 7.95. The predicted octanol–water partition coefficient (Wildman–Crippen LogP) is 3.77. The molecule has 0 bridgehead atoms. The largest absolute Gasteiger partial charge is 0.305 e. The van der Waals surface area contributed by atoms with Crippen molar-refractivity contribution >= 4 is 11.8 Å². The van der Waals surface area contributed by atoms with Crippen LogP contribution in [0.5, 0.6) is 0 Å². The van der Waals surface area contributed by atoms with Crippen LogP contribution in [-0.2, 0) is 5.41 Å². The van der Waals surface area contributed by atoms with Crippen LogP contribution in [-0.4, -0.2) is 5.71 Å². The van der Waals surface area contributed by atoms with Gasteiger partial charge in [0.15, 0.2) is 0 Å². The highest BCUT2D eigenvalue weighted by Gasteiger charge is 2.29. The van der Waals surface area contributed by atoms with Crippen molar-refractivity contribution in [1.82, 2.24) is 0 Å². The Morgan fingerprint density at radius 2 is 2.13 bits per heavy atom. The summed E-state index contributed by atoms with van der Waals surface area (Å²) in [5.41, 5.74) is 4.54. The summed E-state index contributed by atoms with van der Waals surface area (Å²) < 4.78 is 0. The molecule has 0 heterocycles. The van der Waals surface area contributed by atoms with Crippen molar-refractivity contribution in [3.05, 3.63) is 41.5 Å². The second-order valence-corrected chi connectivity index (χ2v) is 4.87. The molecular formula is C14H17N. The fraction of sp³-hybridized carbons (Fsp3) is 0.357. The minimum atomic E-state index is 0.193. The summed E-state index contributed by atoms with van der Waals surface area (Å²) in [4.78, 5) is 0. The van der Waals surface area contributed by atoms with Crippen LogP contribution in [0.2, 0.25) is 0 Å². The SMILES string of the molecule is C=Cc1ccc2c(c1)C(C)(C)CCC2=N. The maximum Gasteiger partial charge on any atom is 0.0389 e. The van der Waals surface area contributed by atoms with Crippen molar-refractivity contribution in [2.24, 2.45) is 0 Å². The van der Waals surface area contributed by atoms with E-state index in [0.717, 1.165) is 29.7 Å². The van der Waals surface area contributed by atoms with Gasteiger partial charge in [-0.25, -0.2) is 0 Å². The topological polar surface area (TPSA) is 23.9 Å². The minimum Gasteiger partial charge on any atom is -0.305 e. The molecule has 78 valence electrons. The van der Waals surface area contributed by atoms with E-state index in [9.17, 15) is 0 Å². The molecule has 1 heteroatoms. The van der Waals surface area contributed by atoms with Crippen molar-refractivity contribution in [2.75, 3.05) is 0 Å². The van der Waals surface area contributed by atoms with Crippen molar-refractivity contribution in [3.8, 4) is 0 Å². The quantitative estimate of drug-likeness (QED) is 0.712. The van der Waals surface area contributed by atoms with Gasteiger partial charge >= 0.3 is 0 Å². The minimum absolute atomic E-state index is 0.193. The number of fused-ring (bicyclic) bond motifs is 1. The van der Waals surface area contributed by atoms with Crippen LogP contribution < -0.4 is 0 Å². The molecule has 0 unspecified atom stereocenters. The van der Waals surface area contributed by atoms with Crippen LogP contribution in [0.3, 0.4) is 0 Å². The molecule has 1 aliphatic carbocycles. The highest BCUT2D eigenvalue weighted by molar-refractivity contribution is 6.01. The van der Waals surface area contributed by atoms with Gasteiger partial charge in [-0.2, -0.15) is 0 Å². The lowest BCUT2D eigenvalue weighted by Gasteiger charge is -2.33. The summed E-state index contributed by atoms with van der Waals surface area (Å²) in [6.07, 6.45) is 3.83. The second kappa shape index (κ2) is 3.34. The monoisotopic (exact) mass is 199 g/mol. The molecule has 2 rings (SSSR count). The molecule has 0 saturated carbocycles. The van der Waals surface area contributed by atoms with Crippen molar-refractivity contribution < 1.29 is 0 Å². The van der Waals surface area contributed by atoms with Crippen LogP contribution in [0, 0.1) is 5.41 Å². The van der Waals surface area contributed by atoms with Gasteiger partial charge in [-0.3, -0.25) is 0 Å². The van der Waals surface area contributed by atoms with Gasteiger partial charge in [-0.15, -0.1) is 0 Å². The highest BCUT2D eigenvalue weighted by Crippen LogP contribution is 2.37. The smallest absolute Gasteiger partial charge is 0.0389 e. The Labute approximate surface area is 91.3 Å². The lowest BCUT2D eigenvalue weighted by Crippen LogP contribution is -2.27. The van der Waals surface area contributed by atoms with E-state index in [1.165, 1.54) is 5.56 Å². The average molecular weight is 199 g/mol. The van der Waals surface area contributed by atoms with E-state index >= 15 is 0 Å². The fourth-order valence-electron chi connectivity index (χ4n) is 2.22. The zero-order valence-electron chi connectivity index (χ0n) is 9.43. The van der Waals surface area contributed by atoms with E-state index < -0.39 is 0 Å². The van der Waals surface area contributed by atoms with Crippen LogP contribution in [0.4, 0.5) is 0 Å². The molecule has 0 fully saturated rings. The number of rotatable bonds is 1. The van der Waals surface area contributed by atoms with Gasteiger partial charge < -0.3 is 5.41 Å². The van der Waals surface area contributed by atoms with Gasteiger partial charge in [0.05, 0.1) is 0 Å². The van der Waals surface area contributed by atoms with Crippen molar-refractivity contribution in [1.29, 1.82) is 5.41 Å². The van der Waals surface area contributed by atoms with Crippen molar-refractivity contribution in [2.45, 2.75) is 32.1 Å². The molecule has 1 nitrogen and oxygen atoms in total. The van der Waals surface area contributed by atoms with E-state index in [1.807, 2.05) is 12.1 Å². The zero-order chi connectivity index (χ0) is 11.1. The molecule has 15 heavy (non-hydrogen) atoms. The molecule has 0 atom stereocenters. The van der Waals surface area contributed by atoms with E-state index in [4.69, 9.17) is 5.41 Å². The molecule has 1 aromatic carbocycles. The van der Waals surface area contributed by atoms with Crippen LogP contribution in [0.1, 0.15) is 43.4 Å². The fourth-order valence-corrected chi connectivity index (χ4v) is 2.22. The second-order valence-electron chi connectivity index (χ2n) is 4.87. The number of hydrogen-bond donors (Lipinski definition) is 1. The molecule has 0 spiro atoms. The van der Waals surface area contributed by atoms with Gasteiger partial charge in [-0.05, 0) is 34.9 Å². The first kappa shape index (κ1) is 10.2. The Balaban J connectivity index is 2.63. The summed E-state index contributed by atoms with van der Waals surface area (Å²) in [7, 11) is 0. The molecule has 0 amide bonds. The number of benzene rings is 1. The Kier molecular flexibility index (Phi) is 2.26. The molecule has 1 N–H and O–H groups in total. The molecule has 0 radical (unpaired) electrons. The predicted molar refractivity (Wildman–Crippen MR) is 65.6 cm³/mol. The molecule has 1 aromatic rings. The Bertz CT molecular complexity index is 427. The standard InChI is InChI=1S/C14H17N/c1-4-10-5-6-11-12(9-10)14(2,3)8-7-13(11)15/h4-6,9,15H,1,7-8H2,2-3H3. The zero-order valence-corrected chi connectivity index (χ0v) is 9.43. The number of hydrogen-bond acceptors (Lipinski definition) is 1. The molecule has 0 aromatic heterocycles. The number of nitrogens with one attached hydrogen (secondary N) is 1. The van der Waals surface area contributed by atoms with E-state index in [-0.39, 0.29) is 5.41 Å². The summed E-state index contributed by atoms with van der Waals surface area (Å²) in [5.74, 6) is 0. The van der Waals surface area contributed by atoms with Crippen LogP contribution in [0.25, 0.3) is 6.08 Å². The molecule has 0 saturated heterocycles. The lowest BCUT2D eigenvalue weighted by molar-refractivity contribution is 0.479. The third-order valence-electron chi connectivity index (χ3n) is 3.33. The molecular weight excluding hydrogens is 182 g/mol. The molecule has 0 aliphatic heterocycles. The van der Waals surface area contributed by atoms with Crippen molar-refractivity contribution in [3.63, 3.8) is 0 Å².